The summed E-state index contributed by atoms with van der Waals surface area (Å²) in [4.78, 5) is 19.0. The third-order valence-electron chi connectivity index (χ3n) is 7.58. The van der Waals surface area contributed by atoms with Crippen molar-refractivity contribution in [2.75, 3.05) is 37.1 Å². The number of nitrogens with one attached hydrogen (secondary N) is 1. The summed E-state index contributed by atoms with van der Waals surface area (Å²) in [5, 5.41) is 12.5. The van der Waals surface area contributed by atoms with Crippen LogP contribution in [0.2, 0.25) is 0 Å². The maximum atomic E-state index is 13.6. The molecule has 244 valence electrons. The van der Waals surface area contributed by atoms with E-state index in [1.54, 1.807) is 4.90 Å². The number of hydrogen-bond donors (Lipinski definition) is 2. The summed E-state index contributed by atoms with van der Waals surface area (Å²) in [5.74, 6) is -0.802. The van der Waals surface area contributed by atoms with Crippen molar-refractivity contribution in [1.29, 1.82) is 0 Å². The van der Waals surface area contributed by atoms with Gasteiger partial charge in [-0.2, -0.15) is 22.0 Å². The zero-order chi connectivity index (χ0) is 33.0. The Morgan fingerprint density at radius 3 is 2.27 bits per heavy atom. The molecular weight excluding hydrogens is 628 g/mol. The van der Waals surface area contributed by atoms with E-state index in [9.17, 15) is 44.7 Å². The highest BCUT2D eigenvalue weighted by atomic mass is 32.2. The van der Waals surface area contributed by atoms with Crippen molar-refractivity contribution in [2.45, 2.75) is 48.5 Å². The molecule has 15 heteroatoms. The van der Waals surface area contributed by atoms with Gasteiger partial charge >= 0.3 is 12.3 Å². The maximum absolute atomic E-state index is 13.6. The summed E-state index contributed by atoms with van der Waals surface area (Å²) in [6, 6.07) is 11.5. The molecule has 0 radical (unpaired) electrons. The molecule has 3 atom stereocenters. The van der Waals surface area contributed by atoms with Gasteiger partial charge in [-0.05, 0) is 53.9 Å². The van der Waals surface area contributed by atoms with Crippen molar-refractivity contribution in [3.05, 3.63) is 89.1 Å². The molecule has 4 rings (SSSR count). The van der Waals surface area contributed by atoms with Crippen LogP contribution in [0.1, 0.15) is 52.4 Å². The van der Waals surface area contributed by atoms with Crippen LogP contribution in [0, 0.1) is 0 Å². The molecule has 2 N–H and O–H groups in total. The quantitative estimate of drug-likeness (QED) is 0.254. The fraction of sp³-hybridized carbons (Fsp3) is 0.400. The molecule has 1 saturated heterocycles. The van der Waals surface area contributed by atoms with E-state index in [0.717, 1.165) is 12.1 Å². The van der Waals surface area contributed by atoms with Gasteiger partial charge in [-0.25, -0.2) is 17.8 Å². The lowest BCUT2D eigenvalue weighted by molar-refractivity contribution is -0.247. The van der Waals surface area contributed by atoms with Crippen LogP contribution in [0.3, 0.4) is 0 Å². The fourth-order valence-corrected chi connectivity index (χ4v) is 5.92. The lowest BCUT2D eigenvalue weighted by atomic mass is 9.95. The average molecular weight is 660 g/mol. The molecule has 0 aliphatic carbocycles. The van der Waals surface area contributed by atoms with Crippen molar-refractivity contribution in [3.8, 4) is 0 Å². The van der Waals surface area contributed by atoms with E-state index in [4.69, 9.17) is 0 Å². The minimum absolute atomic E-state index is 0.0828. The minimum Gasteiger partial charge on any atom is -0.394 e. The molecule has 1 aliphatic rings. The van der Waals surface area contributed by atoms with Crippen LogP contribution >= 0.6 is 0 Å². The Morgan fingerprint density at radius 1 is 1.07 bits per heavy atom. The van der Waals surface area contributed by atoms with Gasteiger partial charge < -0.3 is 20.1 Å². The van der Waals surface area contributed by atoms with Crippen molar-refractivity contribution in [2.24, 2.45) is 0 Å². The molecule has 1 fully saturated rings. The van der Waals surface area contributed by atoms with E-state index < -0.39 is 65.6 Å². The molecule has 0 spiro atoms. The SMILES string of the molecule is CCS(=O)(=O)c1ccc([C@H](CO)NC(=O)c2ccc(N3CC(c4ccc(C(F)(F)F)cc4)C[C@H]3COC(F)(F)CF)nc2)cc1. The summed E-state index contributed by atoms with van der Waals surface area (Å²) in [6.07, 6.45) is -7.10. The van der Waals surface area contributed by atoms with Gasteiger partial charge in [0.1, 0.15) is 5.82 Å². The molecule has 8 nitrogen and oxygen atoms in total. The van der Waals surface area contributed by atoms with Crippen molar-refractivity contribution in [1.82, 2.24) is 10.3 Å². The number of alkyl halides is 6. The molecule has 1 amide bonds. The third-order valence-corrected chi connectivity index (χ3v) is 9.33. The second kappa shape index (κ2) is 13.7. The van der Waals surface area contributed by atoms with Crippen LogP contribution in [0.15, 0.2) is 71.8 Å². The zero-order valence-electron chi connectivity index (χ0n) is 24.0. The normalized spacial score (nSPS) is 18.2. The Bertz CT molecular complexity index is 1550. The Labute approximate surface area is 256 Å². The largest absolute Gasteiger partial charge is 0.416 e. The first kappa shape index (κ1) is 34.2. The van der Waals surface area contributed by atoms with Crippen LogP contribution in [0.5, 0.6) is 0 Å². The number of nitrogens with zero attached hydrogens (tertiary/aromatic N) is 2. The van der Waals surface area contributed by atoms with Crippen molar-refractivity contribution < 1.29 is 49.4 Å². The number of carbonyl (C=O) groups is 1. The first-order chi connectivity index (χ1) is 21.2. The number of aliphatic hydroxyl groups is 1. The van der Waals surface area contributed by atoms with Crippen LogP contribution in [-0.2, 0) is 20.8 Å². The van der Waals surface area contributed by atoms with Gasteiger partial charge in [0.15, 0.2) is 16.5 Å². The second-order valence-electron chi connectivity index (χ2n) is 10.5. The van der Waals surface area contributed by atoms with E-state index in [2.05, 4.69) is 15.0 Å². The molecule has 1 aromatic heterocycles. The van der Waals surface area contributed by atoms with Gasteiger partial charge in [0.25, 0.3) is 5.91 Å². The summed E-state index contributed by atoms with van der Waals surface area (Å²) in [6.45, 7) is -1.41. The Morgan fingerprint density at radius 2 is 1.73 bits per heavy atom. The molecule has 0 saturated carbocycles. The lowest BCUT2D eigenvalue weighted by Crippen LogP contribution is -2.37. The highest BCUT2D eigenvalue weighted by Crippen LogP contribution is 2.37. The number of carbonyl (C=O) groups excluding carboxylic acids is 1. The van der Waals surface area contributed by atoms with E-state index in [-0.39, 0.29) is 40.9 Å². The molecule has 1 aliphatic heterocycles. The predicted molar refractivity (Wildman–Crippen MR) is 153 cm³/mol. The van der Waals surface area contributed by atoms with Crippen molar-refractivity contribution in [3.63, 3.8) is 0 Å². The van der Waals surface area contributed by atoms with Gasteiger partial charge in [-0.3, -0.25) is 4.79 Å². The predicted octanol–water partition coefficient (Wildman–Crippen LogP) is 5.30. The first-order valence-electron chi connectivity index (χ1n) is 13.9. The fourth-order valence-electron chi connectivity index (χ4n) is 5.04. The monoisotopic (exact) mass is 659 g/mol. The van der Waals surface area contributed by atoms with E-state index in [1.165, 1.54) is 61.7 Å². The summed E-state index contributed by atoms with van der Waals surface area (Å²) in [5.41, 5.74) is 0.269. The number of halogens is 6. The Hall–Kier alpha value is -3.69. The topological polar surface area (TPSA) is 109 Å². The maximum Gasteiger partial charge on any atom is 0.416 e. The summed E-state index contributed by atoms with van der Waals surface area (Å²) < 4.78 is 108. The number of ether oxygens (including phenoxy) is 1. The number of benzene rings is 2. The number of aliphatic hydroxyl groups excluding tert-OH is 1. The highest BCUT2D eigenvalue weighted by molar-refractivity contribution is 7.91. The van der Waals surface area contributed by atoms with E-state index in [0.29, 0.717) is 11.1 Å². The number of anilines is 1. The first-order valence-corrected chi connectivity index (χ1v) is 15.5. The molecule has 3 aromatic rings. The number of pyridine rings is 1. The second-order valence-corrected chi connectivity index (χ2v) is 12.8. The lowest BCUT2D eigenvalue weighted by Gasteiger charge is -2.27. The molecule has 0 bridgehead atoms. The highest BCUT2D eigenvalue weighted by Gasteiger charge is 2.38. The number of rotatable bonds is 12. The number of aromatic nitrogens is 1. The Kier molecular flexibility index (Phi) is 10.4. The number of sulfone groups is 1. The molecule has 2 aromatic carbocycles. The smallest absolute Gasteiger partial charge is 0.394 e. The number of hydrogen-bond acceptors (Lipinski definition) is 7. The third kappa shape index (κ3) is 8.32. The Balaban J connectivity index is 1.50. The number of amides is 1. The minimum atomic E-state index is -4.52. The van der Waals surface area contributed by atoms with Crippen LogP contribution in [0.25, 0.3) is 0 Å². The van der Waals surface area contributed by atoms with E-state index >= 15 is 0 Å². The molecule has 45 heavy (non-hydrogen) atoms. The van der Waals surface area contributed by atoms with E-state index in [1.807, 2.05) is 0 Å². The van der Waals surface area contributed by atoms with Gasteiger partial charge in [-0.1, -0.05) is 31.2 Å². The summed E-state index contributed by atoms with van der Waals surface area (Å²) in [7, 11) is -3.43. The molecule has 2 heterocycles. The molecular formula is C30H31F6N3O5S. The van der Waals surface area contributed by atoms with Crippen LogP contribution in [-0.4, -0.2) is 68.8 Å². The van der Waals surface area contributed by atoms with Gasteiger partial charge in [0, 0.05) is 18.7 Å². The van der Waals surface area contributed by atoms with Crippen LogP contribution in [0.4, 0.5) is 32.2 Å². The van der Waals surface area contributed by atoms with Gasteiger partial charge in [-0.15, -0.1) is 0 Å². The van der Waals surface area contributed by atoms with Crippen LogP contribution < -0.4 is 10.2 Å². The summed E-state index contributed by atoms with van der Waals surface area (Å²) >= 11 is 0. The van der Waals surface area contributed by atoms with Gasteiger partial charge in [0.2, 0.25) is 0 Å². The average Bonchev–Trinajstić information content (AvgIpc) is 3.47. The molecule has 1 unspecified atom stereocenters. The van der Waals surface area contributed by atoms with Crippen molar-refractivity contribution >= 4 is 21.6 Å². The zero-order valence-corrected chi connectivity index (χ0v) is 24.8. The standard InChI is InChI=1S/C30H31F6N3O5S/c1-2-45(42,43)25-10-5-20(6-11-25)26(16-40)38-28(41)21-7-12-27(37-14-21)39-15-22(13-24(39)17-44-29(32,33)18-31)19-3-8-23(9-4-19)30(34,35)36/h3-12,14,22,24,26,40H,2,13,15-18H2,1H3,(H,38,41)/t22?,24-,26-/m0/s1. The van der Waals surface area contributed by atoms with Gasteiger partial charge in [0.05, 0.1) is 47.1 Å².